The minimum atomic E-state index is -0.178. The molecule has 102 valence electrons. The summed E-state index contributed by atoms with van der Waals surface area (Å²) in [6, 6.07) is 0. The number of carbonyl (C=O) groups is 2. The maximum Gasteiger partial charge on any atom is 0.256 e. The number of amides is 2. The Bertz CT molecular complexity index is 358. The van der Waals surface area contributed by atoms with Gasteiger partial charge in [-0.25, -0.2) is 0 Å². The molecule has 0 saturated carbocycles. The molecule has 5 heteroatoms. The first-order valence-electron chi connectivity index (χ1n) is 5.89. The Hall–Kier alpha value is -1.20. The van der Waals surface area contributed by atoms with Gasteiger partial charge in [-0.2, -0.15) is 0 Å². The Labute approximate surface area is 108 Å². The molecule has 0 aliphatic carbocycles. The van der Waals surface area contributed by atoms with Crippen LogP contribution in [-0.4, -0.2) is 50.7 Å². The van der Waals surface area contributed by atoms with Gasteiger partial charge in [0.1, 0.15) is 0 Å². The third kappa shape index (κ3) is 2.97. The van der Waals surface area contributed by atoms with Gasteiger partial charge in [0.05, 0.1) is 19.8 Å². The van der Waals surface area contributed by atoms with Gasteiger partial charge in [-0.1, -0.05) is 6.92 Å². The van der Waals surface area contributed by atoms with Crippen LogP contribution >= 0.6 is 0 Å². The van der Waals surface area contributed by atoms with Crippen molar-refractivity contribution in [2.45, 2.75) is 20.8 Å². The van der Waals surface area contributed by atoms with Crippen LogP contribution in [0.25, 0.3) is 0 Å². The summed E-state index contributed by atoms with van der Waals surface area (Å²) in [6.45, 7) is 8.05. The Kier molecular flexibility index (Phi) is 4.65. The lowest BCUT2D eigenvalue weighted by atomic mass is 9.90. The molecular formula is C13H21NO4. The van der Waals surface area contributed by atoms with Gasteiger partial charge in [-0.05, 0) is 13.8 Å². The molecule has 2 amide bonds. The van der Waals surface area contributed by atoms with E-state index in [9.17, 15) is 9.59 Å². The number of hydrogen-bond donors (Lipinski definition) is 0. The SMILES string of the molecule is CC1=C(C)C(=O)N(C)C1=O.COCC1(C)COC1. The lowest BCUT2D eigenvalue weighted by molar-refractivity contribution is -0.135. The number of carbonyl (C=O) groups excluding carboxylic acids is 2. The predicted molar refractivity (Wildman–Crippen MR) is 67.0 cm³/mol. The topological polar surface area (TPSA) is 55.8 Å². The van der Waals surface area contributed by atoms with Crippen LogP contribution in [0, 0.1) is 5.41 Å². The van der Waals surface area contributed by atoms with Crippen molar-refractivity contribution in [1.82, 2.24) is 4.90 Å². The number of imide groups is 1. The Morgan fingerprint density at radius 1 is 1.22 bits per heavy atom. The fourth-order valence-electron chi connectivity index (χ4n) is 1.80. The van der Waals surface area contributed by atoms with Crippen LogP contribution in [0.15, 0.2) is 11.1 Å². The molecule has 0 unspecified atom stereocenters. The summed E-state index contributed by atoms with van der Waals surface area (Å²) in [5.41, 5.74) is 1.45. The van der Waals surface area contributed by atoms with Crippen LogP contribution in [0.3, 0.4) is 0 Å². The summed E-state index contributed by atoms with van der Waals surface area (Å²) >= 11 is 0. The number of nitrogens with zero attached hydrogens (tertiary/aromatic N) is 1. The number of hydrogen-bond acceptors (Lipinski definition) is 4. The first-order valence-corrected chi connectivity index (χ1v) is 5.89. The number of ether oxygens (including phenoxy) is 2. The van der Waals surface area contributed by atoms with Crippen molar-refractivity contribution >= 4 is 11.8 Å². The fraction of sp³-hybridized carbons (Fsp3) is 0.692. The van der Waals surface area contributed by atoms with Crippen LogP contribution in [0.5, 0.6) is 0 Å². The summed E-state index contributed by atoms with van der Waals surface area (Å²) in [5.74, 6) is -0.356. The van der Waals surface area contributed by atoms with Gasteiger partial charge in [-0.3, -0.25) is 14.5 Å². The van der Waals surface area contributed by atoms with Crippen LogP contribution < -0.4 is 0 Å². The molecular weight excluding hydrogens is 234 g/mol. The largest absolute Gasteiger partial charge is 0.384 e. The molecule has 1 saturated heterocycles. The molecule has 5 nitrogen and oxygen atoms in total. The van der Waals surface area contributed by atoms with E-state index in [0.29, 0.717) is 16.6 Å². The maximum atomic E-state index is 11.0. The first kappa shape index (κ1) is 14.9. The van der Waals surface area contributed by atoms with Gasteiger partial charge in [0, 0.05) is 30.7 Å². The van der Waals surface area contributed by atoms with Crippen molar-refractivity contribution in [2.24, 2.45) is 5.41 Å². The van der Waals surface area contributed by atoms with E-state index in [1.54, 1.807) is 21.0 Å². The third-order valence-electron chi connectivity index (χ3n) is 3.21. The smallest absolute Gasteiger partial charge is 0.256 e. The molecule has 2 heterocycles. The summed E-state index contributed by atoms with van der Waals surface area (Å²) in [6.07, 6.45) is 0. The summed E-state index contributed by atoms with van der Waals surface area (Å²) < 4.78 is 9.98. The van der Waals surface area contributed by atoms with E-state index < -0.39 is 0 Å². The quantitative estimate of drug-likeness (QED) is 0.690. The normalized spacial score (nSPS) is 21.7. The van der Waals surface area contributed by atoms with Gasteiger partial charge in [-0.15, -0.1) is 0 Å². The second-order valence-electron chi connectivity index (χ2n) is 5.16. The molecule has 0 atom stereocenters. The van der Waals surface area contributed by atoms with Crippen molar-refractivity contribution in [3.05, 3.63) is 11.1 Å². The average molecular weight is 255 g/mol. The average Bonchev–Trinajstić information content (AvgIpc) is 2.47. The summed E-state index contributed by atoms with van der Waals surface area (Å²) in [5, 5.41) is 0. The molecule has 0 aromatic rings. The molecule has 2 aliphatic rings. The molecule has 0 spiro atoms. The number of likely N-dealkylation sites (N-methyl/N-ethyl adjacent to an activating group) is 1. The zero-order valence-electron chi connectivity index (χ0n) is 11.7. The van der Waals surface area contributed by atoms with Crippen molar-refractivity contribution < 1.29 is 19.1 Å². The molecule has 0 aromatic heterocycles. The second-order valence-corrected chi connectivity index (χ2v) is 5.16. The van der Waals surface area contributed by atoms with Crippen molar-refractivity contribution in [2.75, 3.05) is 34.0 Å². The monoisotopic (exact) mass is 255 g/mol. The van der Waals surface area contributed by atoms with Crippen LogP contribution in [0.1, 0.15) is 20.8 Å². The molecule has 0 N–H and O–H groups in total. The molecule has 0 bridgehead atoms. The van der Waals surface area contributed by atoms with Crippen molar-refractivity contribution in [3.8, 4) is 0 Å². The molecule has 2 aliphatic heterocycles. The highest BCUT2D eigenvalue weighted by Gasteiger charge is 2.32. The Morgan fingerprint density at radius 2 is 1.67 bits per heavy atom. The lowest BCUT2D eigenvalue weighted by Crippen LogP contribution is -2.43. The zero-order valence-corrected chi connectivity index (χ0v) is 11.7. The predicted octanol–water partition coefficient (Wildman–Crippen LogP) is 0.991. The highest BCUT2D eigenvalue weighted by Crippen LogP contribution is 2.25. The number of rotatable bonds is 2. The lowest BCUT2D eigenvalue weighted by Gasteiger charge is -2.37. The van der Waals surface area contributed by atoms with E-state index in [1.807, 2.05) is 0 Å². The maximum absolute atomic E-state index is 11.0. The molecule has 0 aromatic carbocycles. The van der Waals surface area contributed by atoms with Gasteiger partial charge >= 0.3 is 0 Å². The van der Waals surface area contributed by atoms with Crippen LogP contribution in [-0.2, 0) is 19.1 Å². The second kappa shape index (κ2) is 5.63. The van der Waals surface area contributed by atoms with E-state index in [1.165, 1.54) is 7.05 Å². The van der Waals surface area contributed by atoms with E-state index in [-0.39, 0.29) is 11.8 Å². The van der Waals surface area contributed by atoms with Gasteiger partial charge in [0.2, 0.25) is 0 Å². The Morgan fingerprint density at radius 3 is 1.78 bits per heavy atom. The first-order chi connectivity index (χ1) is 8.32. The van der Waals surface area contributed by atoms with E-state index in [0.717, 1.165) is 24.7 Å². The standard InChI is InChI=1S/C7H9NO2.C6H12O2/c1-4-5(2)7(10)8(3)6(4)9;1-6(3-7-2)4-8-5-6/h1-3H3;3-5H2,1-2H3. The highest BCUT2D eigenvalue weighted by atomic mass is 16.5. The third-order valence-corrected chi connectivity index (χ3v) is 3.21. The van der Waals surface area contributed by atoms with Gasteiger partial charge in [0.25, 0.3) is 11.8 Å². The minimum Gasteiger partial charge on any atom is -0.384 e. The highest BCUT2D eigenvalue weighted by molar-refractivity contribution is 6.18. The molecule has 18 heavy (non-hydrogen) atoms. The minimum absolute atomic E-state index is 0.178. The summed E-state index contributed by atoms with van der Waals surface area (Å²) in [7, 11) is 3.22. The van der Waals surface area contributed by atoms with Crippen molar-refractivity contribution in [1.29, 1.82) is 0 Å². The Balaban J connectivity index is 0.000000184. The summed E-state index contributed by atoms with van der Waals surface area (Å²) in [4.78, 5) is 23.1. The van der Waals surface area contributed by atoms with Crippen LogP contribution in [0.2, 0.25) is 0 Å². The van der Waals surface area contributed by atoms with E-state index in [2.05, 4.69) is 6.92 Å². The number of methoxy groups -OCH3 is 1. The van der Waals surface area contributed by atoms with Crippen LogP contribution in [0.4, 0.5) is 0 Å². The molecule has 1 fully saturated rings. The molecule has 2 rings (SSSR count). The van der Waals surface area contributed by atoms with Gasteiger partial charge in [0.15, 0.2) is 0 Å². The molecule has 0 radical (unpaired) electrons. The van der Waals surface area contributed by atoms with Gasteiger partial charge < -0.3 is 9.47 Å². The van der Waals surface area contributed by atoms with E-state index in [4.69, 9.17) is 9.47 Å². The zero-order chi connectivity index (χ0) is 13.9. The fourth-order valence-corrected chi connectivity index (χ4v) is 1.80. The van der Waals surface area contributed by atoms with Crippen molar-refractivity contribution in [3.63, 3.8) is 0 Å². The van der Waals surface area contributed by atoms with E-state index >= 15 is 0 Å².